The van der Waals surface area contributed by atoms with E-state index in [1.165, 1.54) is 18.2 Å². The summed E-state index contributed by atoms with van der Waals surface area (Å²) in [4.78, 5) is 25.9. The molecule has 1 aliphatic rings. The van der Waals surface area contributed by atoms with Crippen LogP contribution in [-0.2, 0) is 16.0 Å². The Bertz CT molecular complexity index is 732. The summed E-state index contributed by atoms with van der Waals surface area (Å²) in [5, 5.41) is 0. The van der Waals surface area contributed by atoms with E-state index >= 15 is 0 Å². The van der Waals surface area contributed by atoms with Crippen LogP contribution in [0.5, 0.6) is 5.75 Å². The summed E-state index contributed by atoms with van der Waals surface area (Å²) >= 11 is 0. The van der Waals surface area contributed by atoms with E-state index in [9.17, 15) is 14.0 Å². The normalized spacial score (nSPS) is 17.1. The monoisotopic (exact) mass is 327 g/mol. The lowest BCUT2D eigenvalue weighted by Gasteiger charge is -2.16. The third kappa shape index (κ3) is 3.79. The van der Waals surface area contributed by atoms with Gasteiger partial charge in [0.2, 0.25) is 5.91 Å². The van der Waals surface area contributed by atoms with Crippen LogP contribution in [0.1, 0.15) is 12.0 Å². The lowest BCUT2D eigenvalue weighted by molar-refractivity contribution is -0.139. The van der Waals surface area contributed by atoms with E-state index in [2.05, 4.69) is 0 Å². The fourth-order valence-corrected chi connectivity index (χ4v) is 2.77. The molecular weight excluding hydrogens is 309 g/mol. The molecule has 0 spiro atoms. The smallest absolute Gasteiger partial charge is 0.316 e. The number of hydrogen-bond donors (Lipinski definition) is 0. The van der Waals surface area contributed by atoms with Gasteiger partial charge < -0.3 is 9.64 Å². The number of hydrogen-bond acceptors (Lipinski definition) is 3. The summed E-state index contributed by atoms with van der Waals surface area (Å²) in [6, 6.07) is 15.6. The summed E-state index contributed by atoms with van der Waals surface area (Å²) in [6.45, 7) is 0.880. The molecule has 2 aromatic rings. The molecule has 24 heavy (non-hydrogen) atoms. The van der Waals surface area contributed by atoms with Gasteiger partial charge in [-0.25, -0.2) is 4.39 Å². The third-order valence-corrected chi connectivity index (χ3v) is 4.11. The van der Waals surface area contributed by atoms with Crippen molar-refractivity contribution in [2.45, 2.75) is 12.8 Å². The lowest BCUT2D eigenvalue weighted by Crippen LogP contribution is -2.29. The fourth-order valence-electron chi connectivity index (χ4n) is 2.77. The number of nitrogens with zero attached hydrogens (tertiary/aromatic N) is 1. The molecule has 124 valence electrons. The second-order valence-electron chi connectivity index (χ2n) is 5.83. The fraction of sp³-hybridized carbons (Fsp3) is 0.263. The van der Waals surface area contributed by atoms with Gasteiger partial charge in [0.15, 0.2) is 11.6 Å². The van der Waals surface area contributed by atoms with Gasteiger partial charge in [-0.15, -0.1) is 0 Å². The van der Waals surface area contributed by atoms with E-state index in [1.54, 1.807) is 11.0 Å². The van der Waals surface area contributed by atoms with E-state index < -0.39 is 17.7 Å². The zero-order valence-corrected chi connectivity index (χ0v) is 13.2. The molecule has 1 unspecified atom stereocenters. The summed E-state index contributed by atoms with van der Waals surface area (Å²) in [7, 11) is 0. The Morgan fingerprint density at radius 2 is 1.83 bits per heavy atom. The van der Waals surface area contributed by atoms with Crippen molar-refractivity contribution in [3.05, 3.63) is 66.0 Å². The zero-order valence-electron chi connectivity index (χ0n) is 13.2. The van der Waals surface area contributed by atoms with Gasteiger partial charge in [-0.1, -0.05) is 42.5 Å². The second kappa shape index (κ2) is 7.25. The second-order valence-corrected chi connectivity index (χ2v) is 5.83. The Morgan fingerprint density at radius 3 is 2.58 bits per heavy atom. The molecule has 4 nitrogen and oxygen atoms in total. The van der Waals surface area contributed by atoms with Crippen molar-refractivity contribution in [3.8, 4) is 5.75 Å². The topological polar surface area (TPSA) is 46.6 Å². The maximum absolute atomic E-state index is 13.5. The van der Waals surface area contributed by atoms with Gasteiger partial charge in [-0.2, -0.15) is 0 Å². The van der Waals surface area contributed by atoms with Crippen LogP contribution in [0.15, 0.2) is 54.6 Å². The molecule has 1 aliphatic heterocycles. The van der Waals surface area contributed by atoms with Gasteiger partial charge in [0, 0.05) is 19.5 Å². The highest BCUT2D eigenvalue weighted by molar-refractivity contribution is 5.87. The van der Waals surface area contributed by atoms with Crippen LogP contribution in [-0.4, -0.2) is 29.9 Å². The van der Waals surface area contributed by atoms with Crippen molar-refractivity contribution < 1.29 is 18.7 Å². The zero-order chi connectivity index (χ0) is 16.9. The number of halogens is 1. The minimum atomic E-state index is -0.587. The van der Waals surface area contributed by atoms with E-state index in [0.717, 1.165) is 12.0 Å². The Balaban J connectivity index is 1.56. The van der Waals surface area contributed by atoms with Crippen LogP contribution in [0, 0.1) is 11.7 Å². The van der Waals surface area contributed by atoms with Crippen LogP contribution in [0.4, 0.5) is 4.39 Å². The van der Waals surface area contributed by atoms with Crippen molar-refractivity contribution in [1.82, 2.24) is 4.90 Å². The average molecular weight is 327 g/mol. The van der Waals surface area contributed by atoms with Crippen LogP contribution in [0.25, 0.3) is 0 Å². The standard InChI is InChI=1S/C19H18FNO3/c20-16-8-4-5-9-17(16)24-19(23)15-12-18(22)21(13-15)11-10-14-6-2-1-3-7-14/h1-9,15H,10-13H2. The number of amides is 1. The lowest BCUT2D eigenvalue weighted by atomic mass is 10.1. The first kappa shape index (κ1) is 16.2. The van der Waals surface area contributed by atoms with Crippen LogP contribution >= 0.6 is 0 Å². The van der Waals surface area contributed by atoms with Gasteiger partial charge in [-0.05, 0) is 24.1 Å². The third-order valence-electron chi connectivity index (χ3n) is 4.11. The first-order valence-electron chi connectivity index (χ1n) is 7.91. The number of para-hydroxylation sites is 1. The molecule has 0 N–H and O–H groups in total. The number of ether oxygens (including phenoxy) is 1. The largest absolute Gasteiger partial charge is 0.423 e. The highest BCUT2D eigenvalue weighted by Crippen LogP contribution is 2.22. The Morgan fingerprint density at radius 1 is 1.12 bits per heavy atom. The number of likely N-dealkylation sites (tertiary alicyclic amines) is 1. The average Bonchev–Trinajstić information content (AvgIpc) is 2.97. The summed E-state index contributed by atoms with van der Waals surface area (Å²) in [5.41, 5.74) is 1.14. The highest BCUT2D eigenvalue weighted by Gasteiger charge is 2.35. The minimum Gasteiger partial charge on any atom is -0.423 e. The first-order valence-corrected chi connectivity index (χ1v) is 7.91. The maximum Gasteiger partial charge on any atom is 0.316 e. The van der Waals surface area contributed by atoms with E-state index in [-0.39, 0.29) is 18.1 Å². The summed E-state index contributed by atoms with van der Waals surface area (Å²) in [6.07, 6.45) is 0.851. The van der Waals surface area contributed by atoms with Gasteiger partial charge in [-0.3, -0.25) is 9.59 Å². The molecule has 0 aromatic heterocycles. The minimum absolute atomic E-state index is 0.0681. The number of benzene rings is 2. The van der Waals surface area contributed by atoms with E-state index in [1.807, 2.05) is 30.3 Å². The van der Waals surface area contributed by atoms with Gasteiger partial charge in [0.05, 0.1) is 5.92 Å². The number of rotatable bonds is 5. The van der Waals surface area contributed by atoms with Crippen LogP contribution in [0.2, 0.25) is 0 Å². The summed E-state index contributed by atoms with van der Waals surface area (Å²) < 4.78 is 18.6. The molecule has 1 heterocycles. The van der Waals surface area contributed by atoms with Crippen molar-refractivity contribution in [1.29, 1.82) is 0 Å². The van der Waals surface area contributed by atoms with Crippen molar-refractivity contribution in [3.63, 3.8) is 0 Å². The predicted octanol–water partition coefficient (Wildman–Crippen LogP) is 2.82. The number of carbonyl (C=O) groups is 2. The molecular formula is C19H18FNO3. The quantitative estimate of drug-likeness (QED) is 0.627. The Hall–Kier alpha value is -2.69. The van der Waals surface area contributed by atoms with Crippen LogP contribution < -0.4 is 4.74 Å². The number of carbonyl (C=O) groups excluding carboxylic acids is 2. The molecule has 2 aromatic carbocycles. The molecule has 3 rings (SSSR count). The molecule has 1 atom stereocenters. The van der Waals surface area contributed by atoms with E-state index in [0.29, 0.717) is 13.1 Å². The number of esters is 1. The molecule has 1 amide bonds. The molecule has 5 heteroatoms. The maximum atomic E-state index is 13.5. The van der Waals surface area contributed by atoms with Crippen LogP contribution in [0.3, 0.4) is 0 Å². The van der Waals surface area contributed by atoms with Crippen molar-refractivity contribution >= 4 is 11.9 Å². The molecule has 0 aliphatic carbocycles. The molecule has 0 bridgehead atoms. The van der Waals surface area contributed by atoms with Gasteiger partial charge in [0.1, 0.15) is 0 Å². The van der Waals surface area contributed by atoms with Gasteiger partial charge >= 0.3 is 5.97 Å². The predicted molar refractivity (Wildman–Crippen MR) is 86.9 cm³/mol. The molecule has 1 fully saturated rings. The first-order chi connectivity index (χ1) is 11.6. The van der Waals surface area contributed by atoms with E-state index in [4.69, 9.17) is 4.74 Å². The molecule has 0 radical (unpaired) electrons. The summed E-state index contributed by atoms with van der Waals surface area (Å²) in [5.74, 6) is -1.86. The van der Waals surface area contributed by atoms with Crippen molar-refractivity contribution in [2.24, 2.45) is 5.92 Å². The Kier molecular flexibility index (Phi) is 4.89. The Labute approximate surface area is 139 Å². The van der Waals surface area contributed by atoms with Crippen molar-refractivity contribution in [2.75, 3.05) is 13.1 Å². The van der Waals surface area contributed by atoms with Gasteiger partial charge in [0.25, 0.3) is 0 Å². The highest BCUT2D eigenvalue weighted by atomic mass is 19.1. The molecule has 1 saturated heterocycles. The molecule has 0 saturated carbocycles. The SMILES string of the molecule is O=C(Oc1ccccc1F)C1CC(=O)N(CCc2ccccc2)C1.